The number of nitrogens with one attached hydrogen (secondary N) is 1. The third-order valence-corrected chi connectivity index (χ3v) is 7.79. The molecule has 2 amide bonds. The third kappa shape index (κ3) is 6.25. The van der Waals surface area contributed by atoms with Crippen molar-refractivity contribution in [3.63, 3.8) is 0 Å². The molecular weight excluding hydrogens is 500 g/mol. The van der Waals surface area contributed by atoms with E-state index in [4.69, 9.17) is 9.47 Å². The van der Waals surface area contributed by atoms with Gasteiger partial charge in [-0.2, -0.15) is 0 Å². The highest BCUT2D eigenvalue weighted by atomic mass is 32.1. The Labute approximate surface area is 227 Å². The average Bonchev–Trinajstić information content (AvgIpc) is 3.44. The van der Waals surface area contributed by atoms with Crippen molar-refractivity contribution in [1.82, 2.24) is 5.32 Å². The second-order valence-electron chi connectivity index (χ2n) is 9.45. The number of carbonyl (C=O) groups is 3. The Morgan fingerprint density at radius 2 is 1.71 bits per heavy atom. The van der Waals surface area contributed by atoms with Gasteiger partial charge in [0.15, 0.2) is 17.3 Å². The van der Waals surface area contributed by atoms with Gasteiger partial charge in [-0.1, -0.05) is 37.5 Å². The Hall–Kier alpha value is -3.65. The number of thiophene rings is 1. The van der Waals surface area contributed by atoms with E-state index >= 15 is 0 Å². The number of hydrogen-bond acceptors (Lipinski definition) is 6. The van der Waals surface area contributed by atoms with E-state index in [1.807, 2.05) is 17.5 Å². The highest BCUT2D eigenvalue weighted by Crippen LogP contribution is 2.39. The number of Topliss-reactive ketones (excluding diaryl/α,β-unsaturated/α-hetero) is 1. The van der Waals surface area contributed by atoms with E-state index < -0.39 is 6.04 Å². The minimum atomic E-state index is -1.02. The number of para-hydroxylation sites is 1. The van der Waals surface area contributed by atoms with E-state index in [-0.39, 0.29) is 30.1 Å². The lowest BCUT2D eigenvalue weighted by molar-refractivity contribution is -0.127. The van der Waals surface area contributed by atoms with Crippen LogP contribution in [-0.2, 0) is 16.0 Å². The van der Waals surface area contributed by atoms with E-state index in [2.05, 4.69) is 5.32 Å². The molecule has 0 aliphatic heterocycles. The molecule has 2 aromatic carbocycles. The first-order chi connectivity index (χ1) is 18.4. The lowest BCUT2D eigenvalue weighted by Crippen LogP contribution is -2.47. The molecule has 1 N–H and O–H groups in total. The molecule has 1 heterocycles. The van der Waals surface area contributed by atoms with Crippen LogP contribution in [0.3, 0.4) is 0 Å². The molecule has 0 spiro atoms. The molecule has 0 saturated heterocycles. The van der Waals surface area contributed by atoms with Crippen molar-refractivity contribution in [2.75, 3.05) is 19.1 Å². The molecule has 8 heteroatoms. The monoisotopic (exact) mass is 534 g/mol. The number of ether oxygens (including phenoxy) is 2. The van der Waals surface area contributed by atoms with Gasteiger partial charge in [-0.25, -0.2) is 0 Å². The molecule has 7 nitrogen and oxygen atoms in total. The van der Waals surface area contributed by atoms with Gasteiger partial charge in [0.2, 0.25) is 11.8 Å². The first-order valence-corrected chi connectivity index (χ1v) is 13.8. The summed E-state index contributed by atoms with van der Waals surface area (Å²) in [5.74, 6) is 0.274. The number of hydrogen-bond donors (Lipinski definition) is 1. The molecule has 1 atom stereocenters. The fraction of sp³-hybridized carbons (Fsp3) is 0.367. The molecule has 1 fully saturated rings. The van der Waals surface area contributed by atoms with Crippen molar-refractivity contribution < 1.29 is 23.9 Å². The van der Waals surface area contributed by atoms with Crippen LogP contribution in [0.4, 0.5) is 5.69 Å². The number of amides is 2. The fourth-order valence-electron chi connectivity index (χ4n) is 4.99. The largest absolute Gasteiger partial charge is 0.493 e. The smallest absolute Gasteiger partial charge is 0.248 e. The number of anilines is 1. The van der Waals surface area contributed by atoms with Crippen molar-refractivity contribution in [2.24, 2.45) is 0 Å². The van der Waals surface area contributed by atoms with Crippen LogP contribution in [0.2, 0.25) is 0 Å². The van der Waals surface area contributed by atoms with Crippen LogP contribution in [-0.4, -0.2) is 37.9 Å². The summed E-state index contributed by atoms with van der Waals surface area (Å²) in [5.41, 5.74) is 1.57. The molecule has 200 valence electrons. The zero-order valence-electron chi connectivity index (χ0n) is 22.1. The Morgan fingerprint density at radius 1 is 0.974 bits per heavy atom. The average molecular weight is 535 g/mol. The Morgan fingerprint density at radius 3 is 2.32 bits per heavy atom. The maximum atomic E-state index is 14.1. The van der Waals surface area contributed by atoms with Crippen LogP contribution in [0.5, 0.6) is 11.5 Å². The van der Waals surface area contributed by atoms with Crippen molar-refractivity contribution in [3.8, 4) is 11.5 Å². The molecule has 1 aliphatic rings. The number of rotatable bonds is 10. The summed E-state index contributed by atoms with van der Waals surface area (Å²) in [7, 11) is 3.07. The van der Waals surface area contributed by atoms with Crippen LogP contribution >= 0.6 is 11.3 Å². The summed E-state index contributed by atoms with van der Waals surface area (Å²) in [6.45, 7) is 1.50. The van der Waals surface area contributed by atoms with Gasteiger partial charge in [-0.05, 0) is 61.5 Å². The van der Waals surface area contributed by atoms with Gasteiger partial charge in [-0.3, -0.25) is 19.3 Å². The van der Waals surface area contributed by atoms with Crippen molar-refractivity contribution >= 4 is 34.6 Å². The van der Waals surface area contributed by atoms with Gasteiger partial charge in [0.1, 0.15) is 6.04 Å². The van der Waals surface area contributed by atoms with Gasteiger partial charge in [0.25, 0.3) is 0 Å². The summed E-state index contributed by atoms with van der Waals surface area (Å²) >= 11 is 1.49. The van der Waals surface area contributed by atoms with E-state index in [0.29, 0.717) is 28.3 Å². The standard InChI is InChI=1S/C30H34N2O5S/c1-20(33)21-14-16-23(17-15-21)32(27(34)19-24-11-8-18-38-24)28(30(35)31-22-9-5-4-6-10-22)25-12-7-13-26(36-2)29(25)37-3/h7-8,11-18,22,28H,4-6,9-10,19H2,1-3H3,(H,31,35). The molecule has 0 radical (unpaired) electrons. The summed E-state index contributed by atoms with van der Waals surface area (Å²) in [4.78, 5) is 42.5. The van der Waals surface area contributed by atoms with Gasteiger partial charge < -0.3 is 14.8 Å². The Bertz CT molecular complexity index is 1250. The highest BCUT2D eigenvalue weighted by Gasteiger charge is 2.36. The second kappa shape index (κ2) is 12.7. The SMILES string of the molecule is COc1cccc(C(C(=O)NC2CCCCC2)N(C(=O)Cc2cccs2)c2ccc(C(C)=O)cc2)c1OC. The van der Waals surface area contributed by atoms with Gasteiger partial charge in [-0.15, -0.1) is 11.3 Å². The Balaban J connectivity index is 1.84. The predicted octanol–water partition coefficient (Wildman–Crippen LogP) is 5.73. The number of ketones is 1. The van der Waals surface area contributed by atoms with E-state index in [9.17, 15) is 14.4 Å². The number of benzene rings is 2. The molecule has 0 bridgehead atoms. The first kappa shape index (κ1) is 27.4. The van der Waals surface area contributed by atoms with E-state index in [0.717, 1.165) is 37.0 Å². The lowest BCUT2D eigenvalue weighted by atomic mass is 9.94. The van der Waals surface area contributed by atoms with Crippen LogP contribution in [0.15, 0.2) is 60.0 Å². The topological polar surface area (TPSA) is 84.9 Å². The molecule has 3 aromatic rings. The van der Waals surface area contributed by atoms with Gasteiger partial charge in [0.05, 0.1) is 20.6 Å². The highest BCUT2D eigenvalue weighted by molar-refractivity contribution is 7.10. The zero-order valence-corrected chi connectivity index (χ0v) is 22.9. The van der Waals surface area contributed by atoms with Crippen molar-refractivity contribution in [1.29, 1.82) is 0 Å². The van der Waals surface area contributed by atoms with Crippen molar-refractivity contribution in [2.45, 2.75) is 57.5 Å². The molecule has 4 rings (SSSR count). The minimum Gasteiger partial charge on any atom is -0.493 e. The number of nitrogens with zero attached hydrogens (tertiary/aromatic N) is 1. The predicted molar refractivity (Wildman–Crippen MR) is 149 cm³/mol. The number of methoxy groups -OCH3 is 2. The maximum Gasteiger partial charge on any atom is 0.248 e. The first-order valence-electron chi connectivity index (χ1n) is 12.9. The van der Waals surface area contributed by atoms with Gasteiger partial charge >= 0.3 is 0 Å². The van der Waals surface area contributed by atoms with E-state index in [1.54, 1.807) is 49.6 Å². The molecule has 38 heavy (non-hydrogen) atoms. The van der Waals surface area contributed by atoms with E-state index in [1.165, 1.54) is 30.3 Å². The van der Waals surface area contributed by atoms with Crippen molar-refractivity contribution in [3.05, 3.63) is 76.0 Å². The van der Waals surface area contributed by atoms with Crippen LogP contribution in [0, 0.1) is 0 Å². The lowest BCUT2D eigenvalue weighted by Gasteiger charge is -2.34. The molecular formula is C30H34N2O5S. The fourth-order valence-corrected chi connectivity index (χ4v) is 5.69. The Kier molecular flexibility index (Phi) is 9.18. The molecule has 1 aromatic heterocycles. The maximum absolute atomic E-state index is 14.1. The molecule has 1 aliphatic carbocycles. The minimum absolute atomic E-state index is 0.0460. The van der Waals surface area contributed by atoms with Gasteiger partial charge in [0, 0.05) is 27.7 Å². The molecule has 1 unspecified atom stereocenters. The van der Waals surface area contributed by atoms with Crippen LogP contribution in [0.1, 0.15) is 65.9 Å². The zero-order chi connectivity index (χ0) is 27.1. The quantitative estimate of drug-likeness (QED) is 0.336. The summed E-state index contributed by atoms with van der Waals surface area (Å²) < 4.78 is 11.3. The number of carbonyl (C=O) groups excluding carboxylic acids is 3. The normalized spacial score (nSPS) is 14.4. The molecule has 1 saturated carbocycles. The summed E-state index contributed by atoms with van der Waals surface area (Å²) in [6.07, 6.45) is 5.23. The second-order valence-corrected chi connectivity index (χ2v) is 10.5. The van der Waals surface area contributed by atoms with Crippen LogP contribution in [0.25, 0.3) is 0 Å². The third-order valence-electron chi connectivity index (χ3n) is 6.91. The summed E-state index contributed by atoms with van der Waals surface area (Å²) in [5, 5.41) is 5.14. The van der Waals surface area contributed by atoms with Crippen LogP contribution < -0.4 is 19.7 Å². The summed E-state index contributed by atoms with van der Waals surface area (Å²) in [6, 6.07) is 15.0.